The highest BCUT2D eigenvalue weighted by Gasteiger charge is 2.22. The van der Waals surface area contributed by atoms with Gasteiger partial charge in [-0.25, -0.2) is 9.52 Å². The van der Waals surface area contributed by atoms with E-state index in [1.807, 2.05) is 0 Å². The number of hydrogen-bond donors (Lipinski definition) is 2. The lowest BCUT2D eigenvalue weighted by Crippen LogP contribution is -2.42. The molecule has 0 spiro atoms. The zero-order valence-electron chi connectivity index (χ0n) is 11.6. The molecule has 2 heterocycles. The molecule has 0 atom stereocenters. The van der Waals surface area contributed by atoms with E-state index in [1.165, 1.54) is 15.2 Å². The van der Waals surface area contributed by atoms with Crippen molar-refractivity contribution in [1.82, 2.24) is 24.0 Å². The first-order valence-electron chi connectivity index (χ1n) is 6.87. The summed E-state index contributed by atoms with van der Waals surface area (Å²) in [5.74, 6) is -1.16. The topological polar surface area (TPSA) is 117 Å². The van der Waals surface area contributed by atoms with Gasteiger partial charge in [0, 0.05) is 19.6 Å². The van der Waals surface area contributed by atoms with Crippen molar-refractivity contribution in [3.63, 3.8) is 0 Å². The van der Waals surface area contributed by atoms with Gasteiger partial charge in [0.2, 0.25) is 0 Å². The van der Waals surface area contributed by atoms with E-state index in [0.717, 1.165) is 25.7 Å². The quantitative estimate of drug-likeness (QED) is 0.743. The standard InChI is InChI=1S/C11H19N5O4S/c17-11(18)10-9-15(14-13-10)8-5-12-21(19,20)16-6-3-1-2-4-7-16/h9,12H,1-8H2,(H,17,18). The van der Waals surface area contributed by atoms with Crippen molar-refractivity contribution in [2.24, 2.45) is 0 Å². The molecule has 0 radical (unpaired) electrons. The monoisotopic (exact) mass is 317 g/mol. The predicted octanol–water partition coefficient (Wildman–Crippen LogP) is -0.313. The molecule has 1 fully saturated rings. The van der Waals surface area contributed by atoms with Crippen LogP contribution in [-0.4, -0.2) is 58.4 Å². The molecular weight excluding hydrogens is 298 g/mol. The van der Waals surface area contributed by atoms with Gasteiger partial charge in [0.25, 0.3) is 10.2 Å². The third-order valence-corrected chi connectivity index (χ3v) is 4.90. The van der Waals surface area contributed by atoms with Crippen LogP contribution in [0, 0.1) is 0 Å². The Morgan fingerprint density at radius 3 is 2.52 bits per heavy atom. The lowest BCUT2D eigenvalue weighted by Gasteiger charge is -2.20. The number of nitrogens with one attached hydrogen (secondary N) is 1. The summed E-state index contributed by atoms with van der Waals surface area (Å²) in [5, 5.41) is 15.8. The summed E-state index contributed by atoms with van der Waals surface area (Å²) in [6, 6.07) is 0. The highest BCUT2D eigenvalue weighted by Crippen LogP contribution is 2.12. The largest absolute Gasteiger partial charge is 0.476 e. The summed E-state index contributed by atoms with van der Waals surface area (Å²) in [6.07, 6.45) is 5.15. The normalized spacial score (nSPS) is 17.5. The number of carboxylic acid groups (broad SMARTS) is 1. The zero-order chi connectivity index (χ0) is 15.3. The molecule has 21 heavy (non-hydrogen) atoms. The first-order chi connectivity index (χ1) is 9.99. The molecule has 1 aromatic heterocycles. The Morgan fingerprint density at radius 2 is 1.95 bits per heavy atom. The van der Waals surface area contributed by atoms with Gasteiger partial charge in [-0.05, 0) is 12.8 Å². The first-order valence-corrected chi connectivity index (χ1v) is 8.31. The molecule has 0 saturated carbocycles. The predicted molar refractivity (Wildman–Crippen MR) is 73.9 cm³/mol. The van der Waals surface area contributed by atoms with Crippen LogP contribution in [0.25, 0.3) is 0 Å². The molecule has 0 aromatic carbocycles. The lowest BCUT2D eigenvalue weighted by atomic mass is 10.2. The molecule has 0 aliphatic carbocycles. The third-order valence-electron chi connectivity index (χ3n) is 3.29. The van der Waals surface area contributed by atoms with Crippen molar-refractivity contribution in [3.05, 3.63) is 11.9 Å². The van der Waals surface area contributed by atoms with Crippen LogP contribution in [0.1, 0.15) is 36.2 Å². The molecule has 10 heteroatoms. The van der Waals surface area contributed by atoms with Gasteiger partial charge >= 0.3 is 5.97 Å². The SMILES string of the molecule is O=C(O)c1cn(CCNS(=O)(=O)N2CCCCCC2)nn1. The van der Waals surface area contributed by atoms with Crippen molar-refractivity contribution in [1.29, 1.82) is 0 Å². The average Bonchev–Trinajstić information content (AvgIpc) is 2.72. The number of carboxylic acids is 1. The molecule has 2 rings (SSSR count). The van der Waals surface area contributed by atoms with Crippen LogP contribution in [0.4, 0.5) is 0 Å². The van der Waals surface area contributed by atoms with E-state index in [0.29, 0.717) is 13.1 Å². The maximum absolute atomic E-state index is 12.1. The molecule has 1 aliphatic heterocycles. The Balaban J connectivity index is 1.84. The van der Waals surface area contributed by atoms with Crippen LogP contribution < -0.4 is 4.72 Å². The Kier molecular flexibility index (Phi) is 5.26. The maximum atomic E-state index is 12.1. The van der Waals surface area contributed by atoms with E-state index >= 15 is 0 Å². The van der Waals surface area contributed by atoms with Crippen LogP contribution >= 0.6 is 0 Å². The van der Waals surface area contributed by atoms with Gasteiger partial charge in [0.15, 0.2) is 5.69 Å². The van der Waals surface area contributed by atoms with Gasteiger partial charge in [-0.1, -0.05) is 18.1 Å². The summed E-state index contributed by atoms with van der Waals surface area (Å²) in [6.45, 7) is 1.46. The Labute approximate surface area is 123 Å². The number of nitrogens with zero attached hydrogens (tertiary/aromatic N) is 4. The fraction of sp³-hybridized carbons (Fsp3) is 0.727. The van der Waals surface area contributed by atoms with E-state index in [1.54, 1.807) is 0 Å². The van der Waals surface area contributed by atoms with E-state index in [-0.39, 0.29) is 18.8 Å². The van der Waals surface area contributed by atoms with E-state index in [4.69, 9.17) is 5.11 Å². The van der Waals surface area contributed by atoms with E-state index in [2.05, 4.69) is 15.0 Å². The molecule has 1 saturated heterocycles. The third kappa shape index (κ3) is 4.48. The number of rotatable bonds is 6. The molecule has 1 aromatic rings. The van der Waals surface area contributed by atoms with E-state index < -0.39 is 16.2 Å². The zero-order valence-corrected chi connectivity index (χ0v) is 12.4. The molecule has 9 nitrogen and oxygen atoms in total. The van der Waals surface area contributed by atoms with Crippen LogP contribution in [0.5, 0.6) is 0 Å². The lowest BCUT2D eigenvalue weighted by molar-refractivity contribution is 0.0690. The number of aromatic nitrogens is 3. The first kappa shape index (κ1) is 15.9. The van der Waals surface area contributed by atoms with Gasteiger partial charge in [-0.3, -0.25) is 4.68 Å². The van der Waals surface area contributed by atoms with Crippen molar-refractivity contribution in [3.8, 4) is 0 Å². The minimum absolute atomic E-state index is 0.140. The molecular formula is C11H19N5O4S. The second-order valence-corrected chi connectivity index (χ2v) is 6.64. The molecule has 0 unspecified atom stereocenters. The van der Waals surface area contributed by atoms with Crippen molar-refractivity contribution in [2.75, 3.05) is 19.6 Å². The summed E-state index contributed by atoms with van der Waals surface area (Å²) in [5.41, 5.74) is -0.162. The maximum Gasteiger partial charge on any atom is 0.358 e. The Hall–Kier alpha value is -1.52. The fourth-order valence-corrected chi connectivity index (χ4v) is 3.44. The van der Waals surface area contributed by atoms with Crippen LogP contribution in [0.15, 0.2) is 6.20 Å². The summed E-state index contributed by atoms with van der Waals surface area (Å²) < 4.78 is 29.5. The van der Waals surface area contributed by atoms with Gasteiger partial charge in [-0.15, -0.1) is 5.10 Å². The Morgan fingerprint density at radius 1 is 1.29 bits per heavy atom. The highest BCUT2D eigenvalue weighted by atomic mass is 32.2. The van der Waals surface area contributed by atoms with Crippen LogP contribution in [0.3, 0.4) is 0 Å². The average molecular weight is 317 g/mol. The minimum Gasteiger partial charge on any atom is -0.476 e. The summed E-state index contributed by atoms with van der Waals surface area (Å²) >= 11 is 0. The van der Waals surface area contributed by atoms with Gasteiger partial charge in [-0.2, -0.15) is 12.7 Å². The summed E-state index contributed by atoms with van der Waals surface area (Å²) in [4.78, 5) is 10.7. The molecule has 1 aliphatic rings. The van der Waals surface area contributed by atoms with Crippen molar-refractivity contribution >= 4 is 16.2 Å². The highest BCUT2D eigenvalue weighted by molar-refractivity contribution is 7.87. The second kappa shape index (κ2) is 6.96. The number of aromatic carboxylic acids is 1. The van der Waals surface area contributed by atoms with Crippen LogP contribution in [-0.2, 0) is 16.8 Å². The van der Waals surface area contributed by atoms with Gasteiger partial charge in [0.05, 0.1) is 12.7 Å². The molecule has 2 N–H and O–H groups in total. The van der Waals surface area contributed by atoms with Crippen molar-refractivity contribution < 1.29 is 18.3 Å². The van der Waals surface area contributed by atoms with Gasteiger partial charge < -0.3 is 5.11 Å². The van der Waals surface area contributed by atoms with Crippen molar-refractivity contribution in [2.45, 2.75) is 32.2 Å². The minimum atomic E-state index is -3.48. The molecule has 0 amide bonds. The summed E-state index contributed by atoms with van der Waals surface area (Å²) in [7, 11) is -3.48. The number of hydrogen-bond acceptors (Lipinski definition) is 5. The number of carbonyl (C=O) groups is 1. The second-order valence-electron chi connectivity index (χ2n) is 4.88. The van der Waals surface area contributed by atoms with Crippen LogP contribution in [0.2, 0.25) is 0 Å². The fourth-order valence-electron chi connectivity index (χ4n) is 2.17. The smallest absolute Gasteiger partial charge is 0.358 e. The molecule has 118 valence electrons. The van der Waals surface area contributed by atoms with Gasteiger partial charge in [0.1, 0.15) is 0 Å². The Bertz CT molecular complexity index is 577. The van der Waals surface area contributed by atoms with E-state index in [9.17, 15) is 13.2 Å². The molecule has 0 bridgehead atoms.